The molecule has 0 atom stereocenters. The van der Waals surface area contributed by atoms with E-state index in [2.05, 4.69) is 19.2 Å². The molecule has 1 N–H and O–H groups in total. The first-order chi connectivity index (χ1) is 10.0. The van der Waals surface area contributed by atoms with Crippen LogP contribution in [0.3, 0.4) is 0 Å². The van der Waals surface area contributed by atoms with Crippen LogP contribution in [0.4, 0.5) is 4.39 Å². The van der Waals surface area contributed by atoms with Gasteiger partial charge in [-0.1, -0.05) is 43.6 Å². The van der Waals surface area contributed by atoms with Gasteiger partial charge in [0, 0.05) is 18.2 Å². The Hall–Kier alpha value is -1.58. The van der Waals surface area contributed by atoms with E-state index in [1.807, 2.05) is 24.3 Å². The molecule has 2 aromatic rings. The molecule has 21 heavy (non-hydrogen) atoms. The van der Waals surface area contributed by atoms with Crippen molar-refractivity contribution in [3.63, 3.8) is 0 Å². The molecule has 0 fully saturated rings. The molecule has 4 heteroatoms. The summed E-state index contributed by atoms with van der Waals surface area (Å²) in [5, 5.41) is 3.74. The van der Waals surface area contributed by atoms with Crippen LogP contribution in [0.1, 0.15) is 25.0 Å². The van der Waals surface area contributed by atoms with E-state index < -0.39 is 0 Å². The Labute approximate surface area is 129 Å². The number of ether oxygens (including phenoxy) is 1. The lowest BCUT2D eigenvalue weighted by Gasteiger charge is -2.11. The summed E-state index contributed by atoms with van der Waals surface area (Å²) < 4.78 is 18.7. The molecule has 112 valence electrons. The molecule has 0 bridgehead atoms. The van der Waals surface area contributed by atoms with Crippen molar-refractivity contribution in [2.24, 2.45) is 0 Å². The van der Waals surface area contributed by atoms with Gasteiger partial charge in [-0.3, -0.25) is 0 Å². The van der Waals surface area contributed by atoms with Gasteiger partial charge in [0.1, 0.15) is 18.2 Å². The number of rotatable bonds is 6. The Balaban J connectivity index is 1.98. The average Bonchev–Trinajstić information content (AvgIpc) is 2.45. The minimum Gasteiger partial charge on any atom is -0.489 e. The lowest BCUT2D eigenvalue weighted by Crippen LogP contribution is -2.21. The summed E-state index contributed by atoms with van der Waals surface area (Å²) in [5.41, 5.74) is 1.93. The topological polar surface area (TPSA) is 21.3 Å². The molecule has 0 unspecified atom stereocenters. The molecule has 0 saturated carbocycles. The van der Waals surface area contributed by atoms with Gasteiger partial charge in [-0.2, -0.15) is 0 Å². The fourth-order valence-corrected chi connectivity index (χ4v) is 2.09. The summed E-state index contributed by atoms with van der Waals surface area (Å²) in [7, 11) is 0. The maximum Gasteiger partial charge on any atom is 0.124 e. The van der Waals surface area contributed by atoms with Crippen LogP contribution in [0.15, 0.2) is 42.5 Å². The van der Waals surface area contributed by atoms with Crippen LogP contribution in [0.5, 0.6) is 5.75 Å². The van der Waals surface area contributed by atoms with Gasteiger partial charge in [-0.05, 0) is 29.8 Å². The monoisotopic (exact) mass is 307 g/mol. The third-order valence-electron chi connectivity index (χ3n) is 3.02. The van der Waals surface area contributed by atoms with Crippen molar-refractivity contribution in [2.45, 2.75) is 33.0 Å². The fourth-order valence-electron chi connectivity index (χ4n) is 1.87. The molecule has 0 aromatic heterocycles. The highest BCUT2D eigenvalue weighted by Crippen LogP contribution is 2.20. The Morgan fingerprint density at radius 3 is 2.71 bits per heavy atom. The molecular weight excluding hydrogens is 289 g/mol. The van der Waals surface area contributed by atoms with Gasteiger partial charge in [0.15, 0.2) is 0 Å². The van der Waals surface area contributed by atoms with Crippen LogP contribution in [-0.2, 0) is 13.2 Å². The zero-order chi connectivity index (χ0) is 15.2. The Morgan fingerprint density at radius 2 is 2.00 bits per heavy atom. The van der Waals surface area contributed by atoms with Gasteiger partial charge in [-0.25, -0.2) is 4.39 Å². The summed E-state index contributed by atoms with van der Waals surface area (Å²) >= 11 is 5.98. The zero-order valence-electron chi connectivity index (χ0n) is 12.2. The lowest BCUT2D eigenvalue weighted by molar-refractivity contribution is 0.305. The van der Waals surface area contributed by atoms with Crippen LogP contribution in [-0.4, -0.2) is 6.04 Å². The van der Waals surface area contributed by atoms with Crippen molar-refractivity contribution >= 4 is 11.6 Å². The van der Waals surface area contributed by atoms with E-state index in [-0.39, 0.29) is 5.82 Å². The SMILES string of the molecule is CC(C)NCc1cccc(OCc2ccc(F)cc2Cl)c1. The van der Waals surface area contributed by atoms with Gasteiger partial charge in [0.25, 0.3) is 0 Å². The fraction of sp³-hybridized carbons (Fsp3) is 0.294. The van der Waals surface area contributed by atoms with Gasteiger partial charge in [-0.15, -0.1) is 0 Å². The highest BCUT2D eigenvalue weighted by atomic mass is 35.5. The van der Waals surface area contributed by atoms with Crippen LogP contribution in [0.25, 0.3) is 0 Å². The highest BCUT2D eigenvalue weighted by Gasteiger charge is 2.04. The molecule has 2 nitrogen and oxygen atoms in total. The summed E-state index contributed by atoms with van der Waals surface area (Å²) in [6.07, 6.45) is 0. The first-order valence-corrected chi connectivity index (χ1v) is 7.31. The summed E-state index contributed by atoms with van der Waals surface area (Å²) in [5.74, 6) is 0.434. The zero-order valence-corrected chi connectivity index (χ0v) is 13.0. The average molecular weight is 308 g/mol. The Morgan fingerprint density at radius 1 is 1.19 bits per heavy atom. The van der Waals surface area contributed by atoms with Crippen LogP contribution in [0.2, 0.25) is 5.02 Å². The normalized spacial score (nSPS) is 10.9. The summed E-state index contributed by atoms with van der Waals surface area (Å²) in [6.45, 7) is 5.33. The van der Waals surface area contributed by atoms with Gasteiger partial charge in [0.2, 0.25) is 0 Å². The number of halogens is 2. The highest BCUT2D eigenvalue weighted by molar-refractivity contribution is 6.31. The van der Waals surface area contributed by atoms with E-state index in [1.165, 1.54) is 12.1 Å². The smallest absolute Gasteiger partial charge is 0.124 e. The maximum atomic E-state index is 13.0. The predicted molar refractivity (Wildman–Crippen MR) is 84.2 cm³/mol. The summed E-state index contributed by atoms with van der Waals surface area (Å²) in [6, 6.07) is 12.7. The van der Waals surface area contributed by atoms with Crippen molar-refractivity contribution in [1.82, 2.24) is 5.32 Å². The van der Waals surface area contributed by atoms with Crippen molar-refractivity contribution in [3.05, 3.63) is 64.4 Å². The van der Waals surface area contributed by atoms with Crippen LogP contribution in [0, 0.1) is 5.82 Å². The largest absolute Gasteiger partial charge is 0.489 e. The second-order valence-corrected chi connectivity index (χ2v) is 5.61. The van der Waals surface area contributed by atoms with E-state index in [9.17, 15) is 4.39 Å². The third-order valence-corrected chi connectivity index (χ3v) is 3.37. The number of nitrogens with one attached hydrogen (secondary N) is 1. The summed E-state index contributed by atoms with van der Waals surface area (Å²) in [4.78, 5) is 0. The first-order valence-electron chi connectivity index (χ1n) is 6.93. The predicted octanol–water partition coefficient (Wildman–Crippen LogP) is 4.56. The minimum absolute atomic E-state index is 0.320. The molecule has 0 amide bonds. The third kappa shape index (κ3) is 5.03. The molecule has 0 radical (unpaired) electrons. The minimum atomic E-state index is -0.342. The first kappa shape index (κ1) is 15.8. The molecule has 2 aromatic carbocycles. The Kier molecular flexibility index (Phi) is 5.59. The quantitative estimate of drug-likeness (QED) is 0.845. The molecule has 2 rings (SSSR count). The molecular formula is C17H19ClFNO. The lowest BCUT2D eigenvalue weighted by atomic mass is 10.2. The van der Waals surface area contributed by atoms with Crippen molar-refractivity contribution < 1.29 is 9.13 Å². The number of hydrogen-bond donors (Lipinski definition) is 1. The van der Waals surface area contributed by atoms with E-state index >= 15 is 0 Å². The molecule has 0 heterocycles. The van der Waals surface area contributed by atoms with E-state index in [0.29, 0.717) is 17.7 Å². The van der Waals surface area contributed by atoms with Crippen molar-refractivity contribution in [1.29, 1.82) is 0 Å². The second kappa shape index (κ2) is 7.43. The molecule has 0 aliphatic rings. The second-order valence-electron chi connectivity index (χ2n) is 5.21. The van der Waals surface area contributed by atoms with E-state index in [4.69, 9.17) is 16.3 Å². The molecule has 0 saturated heterocycles. The number of hydrogen-bond acceptors (Lipinski definition) is 2. The van der Waals surface area contributed by atoms with Crippen LogP contribution >= 0.6 is 11.6 Å². The van der Waals surface area contributed by atoms with Crippen molar-refractivity contribution in [3.8, 4) is 5.75 Å². The maximum absolute atomic E-state index is 13.0. The van der Waals surface area contributed by atoms with Gasteiger partial charge >= 0.3 is 0 Å². The van der Waals surface area contributed by atoms with E-state index in [1.54, 1.807) is 6.07 Å². The van der Waals surface area contributed by atoms with Gasteiger partial charge in [0.05, 0.1) is 5.02 Å². The standard InChI is InChI=1S/C17H19ClFNO/c1-12(2)20-10-13-4-3-5-16(8-13)21-11-14-6-7-15(19)9-17(14)18/h3-9,12,20H,10-11H2,1-2H3. The molecule has 0 aliphatic carbocycles. The number of benzene rings is 2. The Bertz CT molecular complexity index is 601. The van der Waals surface area contributed by atoms with Crippen LogP contribution < -0.4 is 10.1 Å². The van der Waals surface area contributed by atoms with E-state index in [0.717, 1.165) is 23.4 Å². The van der Waals surface area contributed by atoms with Crippen molar-refractivity contribution in [2.75, 3.05) is 0 Å². The van der Waals surface area contributed by atoms with Gasteiger partial charge < -0.3 is 10.1 Å². The molecule has 0 aliphatic heterocycles. The molecule has 0 spiro atoms.